The second kappa shape index (κ2) is 7.23. The molecule has 0 aliphatic carbocycles. The summed E-state index contributed by atoms with van der Waals surface area (Å²) < 4.78 is 10.0. The SMILES string of the molecule is C=CN(/C=C\c1nnco1)/N=C(\N)c1cc(Cl)nc(OC)c1. The van der Waals surface area contributed by atoms with Crippen LogP contribution in [0.3, 0.4) is 0 Å². The summed E-state index contributed by atoms with van der Waals surface area (Å²) in [4.78, 5) is 3.96. The fourth-order valence-electron chi connectivity index (χ4n) is 1.44. The van der Waals surface area contributed by atoms with Crippen LogP contribution in [0.2, 0.25) is 5.15 Å². The van der Waals surface area contributed by atoms with Crippen LogP contribution in [-0.4, -0.2) is 33.1 Å². The normalized spacial score (nSPS) is 11.6. The van der Waals surface area contributed by atoms with Crippen LogP contribution in [0.25, 0.3) is 6.08 Å². The van der Waals surface area contributed by atoms with Crippen molar-refractivity contribution in [3.05, 3.63) is 54.1 Å². The van der Waals surface area contributed by atoms with Crippen molar-refractivity contribution in [1.29, 1.82) is 0 Å². The van der Waals surface area contributed by atoms with Gasteiger partial charge in [-0.3, -0.25) is 0 Å². The minimum Gasteiger partial charge on any atom is -0.481 e. The number of hydrazone groups is 1. The van der Waals surface area contributed by atoms with Gasteiger partial charge in [-0.05, 0) is 6.07 Å². The van der Waals surface area contributed by atoms with Crippen LogP contribution in [0, 0.1) is 0 Å². The molecule has 2 aromatic rings. The number of hydrogen-bond acceptors (Lipinski definition) is 7. The highest BCUT2D eigenvalue weighted by atomic mass is 35.5. The van der Waals surface area contributed by atoms with Gasteiger partial charge in [0.25, 0.3) is 0 Å². The number of amidine groups is 1. The molecular weight excluding hydrogens is 308 g/mol. The predicted molar refractivity (Wildman–Crippen MR) is 81.9 cm³/mol. The summed E-state index contributed by atoms with van der Waals surface area (Å²) in [7, 11) is 1.49. The third-order valence-corrected chi connectivity index (χ3v) is 2.63. The van der Waals surface area contributed by atoms with E-state index >= 15 is 0 Å². The first-order valence-electron chi connectivity index (χ1n) is 6.03. The highest BCUT2D eigenvalue weighted by Crippen LogP contribution is 2.16. The van der Waals surface area contributed by atoms with Gasteiger partial charge in [0, 0.05) is 30.1 Å². The number of rotatable bonds is 6. The van der Waals surface area contributed by atoms with Gasteiger partial charge in [-0.2, -0.15) is 5.10 Å². The fraction of sp³-hybridized carbons (Fsp3) is 0.0769. The second-order valence-electron chi connectivity index (χ2n) is 3.86. The Hall–Kier alpha value is -2.87. The highest BCUT2D eigenvalue weighted by Gasteiger charge is 2.06. The van der Waals surface area contributed by atoms with E-state index in [0.29, 0.717) is 17.3 Å². The molecule has 22 heavy (non-hydrogen) atoms. The zero-order chi connectivity index (χ0) is 15.9. The van der Waals surface area contributed by atoms with Gasteiger partial charge in [-0.15, -0.1) is 10.2 Å². The zero-order valence-corrected chi connectivity index (χ0v) is 12.4. The summed E-state index contributed by atoms with van der Waals surface area (Å²) >= 11 is 5.89. The van der Waals surface area contributed by atoms with Gasteiger partial charge in [0.1, 0.15) is 5.15 Å². The van der Waals surface area contributed by atoms with Crippen LogP contribution in [0.1, 0.15) is 11.5 Å². The van der Waals surface area contributed by atoms with E-state index in [1.165, 1.54) is 24.7 Å². The first kappa shape index (κ1) is 15.5. The van der Waals surface area contributed by atoms with E-state index in [9.17, 15) is 0 Å². The lowest BCUT2D eigenvalue weighted by molar-refractivity contribution is 0.398. The third kappa shape index (κ3) is 4.06. The van der Waals surface area contributed by atoms with Gasteiger partial charge in [0.2, 0.25) is 18.2 Å². The number of pyridine rings is 1. The Balaban J connectivity index is 2.21. The molecule has 0 unspecified atom stereocenters. The van der Waals surface area contributed by atoms with Gasteiger partial charge < -0.3 is 14.9 Å². The van der Waals surface area contributed by atoms with E-state index in [1.54, 1.807) is 24.4 Å². The number of halogens is 1. The topological polar surface area (TPSA) is 103 Å². The number of aromatic nitrogens is 3. The summed E-state index contributed by atoms with van der Waals surface area (Å²) in [6.45, 7) is 3.64. The molecule has 2 aromatic heterocycles. The number of hydrogen-bond donors (Lipinski definition) is 1. The van der Waals surface area contributed by atoms with Crippen molar-refractivity contribution in [2.45, 2.75) is 0 Å². The van der Waals surface area contributed by atoms with Crippen molar-refractivity contribution in [3.63, 3.8) is 0 Å². The second-order valence-corrected chi connectivity index (χ2v) is 4.25. The molecule has 2 N–H and O–H groups in total. The molecule has 0 aliphatic heterocycles. The maximum atomic E-state index is 5.95. The van der Waals surface area contributed by atoms with Gasteiger partial charge in [0.05, 0.1) is 7.11 Å². The van der Waals surface area contributed by atoms with Crippen molar-refractivity contribution in [2.75, 3.05) is 7.11 Å². The lowest BCUT2D eigenvalue weighted by Crippen LogP contribution is -2.18. The van der Waals surface area contributed by atoms with Crippen molar-refractivity contribution in [3.8, 4) is 5.88 Å². The Bertz CT molecular complexity index is 699. The van der Waals surface area contributed by atoms with Crippen LogP contribution in [0.15, 0.2) is 47.0 Å². The molecule has 8 nitrogen and oxygen atoms in total. The quantitative estimate of drug-likeness (QED) is 0.375. The van der Waals surface area contributed by atoms with Crippen molar-refractivity contribution in [1.82, 2.24) is 20.2 Å². The largest absolute Gasteiger partial charge is 0.481 e. The summed E-state index contributed by atoms with van der Waals surface area (Å²) in [5.41, 5.74) is 6.51. The molecule has 0 radical (unpaired) electrons. The van der Waals surface area contributed by atoms with Gasteiger partial charge in [-0.25, -0.2) is 9.99 Å². The number of ether oxygens (including phenoxy) is 1. The maximum absolute atomic E-state index is 5.95. The predicted octanol–water partition coefficient (Wildman–Crippen LogP) is 1.86. The Morgan fingerprint density at radius 1 is 1.55 bits per heavy atom. The standard InChI is InChI=1S/C13H13ClN6O2/c1-3-20(5-4-11-18-16-8-22-11)19-13(15)9-6-10(14)17-12(7-9)21-2/h3-8H,1H2,2H3,(H2,15,19)/b5-4-. The zero-order valence-electron chi connectivity index (χ0n) is 11.7. The van der Waals surface area contributed by atoms with Crippen LogP contribution in [-0.2, 0) is 0 Å². The molecule has 0 amide bonds. The lowest BCUT2D eigenvalue weighted by atomic mass is 10.2. The van der Waals surface area contributed by atoms with Crippen molar-refractivity contribution >= 4 is 23.5 Å². The smallest absolute Gasteiger partial charge is 0.241 e. The van der Waals surface area contributed by atoms with E-state index in [1.807, 2.05) is 0 Å². The number of methoxy groups -OCH3 is 1. The van der Waals surface area contributed by atoms with Crippen LogP contribution < -0.4 is 10.5 Å². The first-order valence-corrected chi connectivity index (χ1v) is 6.41. The Labute approximate surface area is 131 Å². The molecule has 0 spiro atoms. The molecule has 0 saturated heterocycles. The Morgan fingerprint density at radius 2 is 2.36 bits per heavy atom. The lowest BCUT2D eigenvalue weighted by Gasteiger charge is -2.10. The van der Waals surface area contributed by atoms with Gasteiger partial charge in [0.15, 0.2) is 5.84 Å². The van der Waals surface area contributed by atoms with E-state index < -0.39 is 0 Å². The Morgan fingerprint density at radius 3 is 3.00 bits per heavy atom. The van der Waals surface area contributed by atoms with E-state index in [-0.39, 0.29) is 11.0 Å². The molecule has 0 fully saturated rings. The van der Waals surface area contributed by atoms with Crippen LogP contribution in [0.4, 0.5) is 0 Å². The Kier molecular flexibility index (Phi) is 5.10. The van der Waals surface area contributed by atoms with E-state index in [0.717, 1.165) is 0 Å². The van der Waals surface area contributed by atoms with Crippen LogP contribution in [0.5, 0.6) is 5.88 Å². The summed E-state index contributed by atoms with van der Waals surface area (Å²) in [5.74, 6) is 0.874. The van der Waals surface area contributed by atoms with E-state index in [4.69, 9.17) is 26.5 Å². The molecule has 0 bridgehead atoms. The minimum absolute atomic E-state index is 0.206. The number of nitrogens with two attached hydrogens (primary N) is 1. The van der Waals surface area contributed by atoms with E-state index in [2.05, 4.69) is 26.9 Å². The highest BCUT2D eigenvalue weighted by molar-refractivity contribution is 6.29. The molecule has 0 saturated carbocycles. The maximum Gasteiger partial charge on any atom is 0.241 e. The van der Waals surface area contributed by atoms with Crippen molar-refractivity contribution < 1.29 is 9.15 Å². The van der Waals surface area contributed by atoms with Crippen LogP contribution >= 0.6 is 11.6 Å². The molecule has 0 aromatic carbocycles. The molecule has 2 rings (SSSR count). The third-order valence-electron chi connectivity index (χ3n) is 2.43. The molecule has 9 heteroatoms. The molecule has 2 heterocycles. The monoisotopic (exact) mass is 320 g/mol. The number of nitrogens with zero attached hydrogens (tertiary/aromatic N) is 5. The summed E-state index contributed by atoms with van der Waals surface area (Å²) in [6.07, 6.45) is 5.81. The fourth-order valence-corrected chi connectivity index (χ4v) is 1.64. The molecule has 0 aliphatic rings. The summed E-state index contributed by atoms with van der Waals surface area (Å²) in [6, 6.07) is 3.19. The van der Waals surface area contributed by atoms with Gasteiger partial charge in [-0.1, -0.05) is 18.2 Å². The summed E-state index contributed by atoms with van der Waals surface area (Å²) in [5, 5.41) is 13.1. The van der Waals surface area contributed by atoms with Gasteiger partial charge >= 0.3 is 0 Å². The average Bonchev–Trinajstić information content (AvgIpc) is 3.03. The average molecular weight is 321 g/mol. The first-order chi connectivity index (χ1) is 10.6. The van der Waals surface area contributed by atoms with Crippen molar-refractivity contribution in [2.24, 2.45) is 10.8 Å². The molecular formula is C13H13ClN6O2. The molecule has 0 atom stereocenters. The molecule has 114 valence electrons. The minimum atomic E-state index is 0.206.